The number of rotatable bonds is 2. The van der Waals surface area contributed by atoms with Crippen molar-refractivity contribution in [2.45, 2.75) is 17.4 Å². The summed E-state index contributed by atoms with van der Waals surface area (Å²) in [5.74, 6) is 1.18. The van der Waals surface area contributed by atoms with Crippen LogP contribution in [0.3, 0.4) is 0 Å². The van der Waals surface area contributed by atoms with Gasteiger partial charge in [-0.15, -0.1) is 11.8 Å². The van der Waals surface area contributed by atoms with Gasteiger partial charge in [0.05, 0.1) is 6.04 Å². The second-order valence-corrected chi connectivity index (χ2v) is 6.57. The van der Waals surface area contributed by atoms with Crippen molar-refractivity contribution in [1.29, 1.82) is 0 Å². The highest BCUT2D eigenvalue weighted by atomic mass is 32.2. The molecule has 1 nitrogen and oxygen atoms in total. The van der Waals surface area contributed by atoms with Gasteiger partial charge in [-0.3, -0.25) is 0 Å². The van der Waals surface area contributed by atoms with E-state index in [-0.39, 0.29) is 0 Å². The summed E-state index contributed by atoms with van der Waals surface area (Å²) in [5, 5.41) is 6.30. The van der Waals surface area contributed by atoms with E-state index in [0.717, 1.165) is 0 Å². The molecule has 3 aromatic rings. The van der Waals surface area contributed by atoms with Gasteiger partial charge in [-0.2, -0.15) is 0 Å². The molecular weight excluding hydrogens is 274 g/mol. The molecule has 1 aliphatic heterocycles. The second kappa shape index (κ2) is 5.45. The molecule has 1 N–H and O–H groups in total. The van der Waals surface area contributed by atoms with Crippen LogP contribution in [0.1, 0.15) is 18.0 Å². The fraction of sp³-hybridized carbons (Fsp3) is 0.158. The van der Waals surface area contributed by atoms with E-state index in [9.17, 15) is 0 Å². The van der Waals surface area contributed by atoms with Crippen LogP contribution in [0.15, 0.2) is 71.6 Å². The summed E-state index contributed by atoms with van der Waals surface area (Å²) < 4.78 is 0. The van der Waals surface area contributed by atoms with Gasteiger partial charge in [-0.25, -0.2) is 0 Å². The first-order chi connectivity index (χ1) is 10.4. The summed E-state index contributed by atoms with van der Waals surface area (Å²) in [4.78, 5) is 1.42. The van der Waals surface area contributed by atoms with Gasteiger partial charge in [0.2, 0.25) is 0 Å². The molecule has 0 aromatic heterocycles. The highest BCUT2D eigenvalue weighted by molar-refractivity contribution is 7.99. The van der Waals surface area contributed by atoms with E-state index in [0.29, 0.717) is 6.04 Å². The molecule has 0 spiro atoms. The van der Waals surface area contributed by atoms with Gasteiger partial charge in [0.1, 0.15) is 0 Å². The number of fused-ring (bicyclic) bond motifs is 2. The van der Waals surface area contributed by atoms with Crippen molar-refractivity contribution in [3.63, 3.8) is 0 Å². The fourth-order valence-corrected chi connectivity index (χ4v) is 4.10. The molecule has 0 aliphatic carbocycles. The zero-order valence-electron chi connectivity index (χ0n) is 11.8. The van der Waals surface area contributed by atoms with Crippen LogP contribution in [0.5, 0.6) is 0 Å². The van der Waals surface area contributed by atoms with Gasteiger partial charge >= 0.3 is 0 Å². The van der Waals surface area contributed by atoms with E-state index in [1.807, 2.05) is 11.8 Å². The molecule has 104 valence electrons. The molecule has 3 aromatic carbocycles. The molecule has 1 atom stereocenters. The van der Waals surface area contributed by atoms with Crippen LogP contribution in [-0.4, -0.2) is 5.75 Å². The monoisotopic (exact) mass is 291 g/mol. The summed E-state index contributed by atoms with van der Waals surface area (Å²) >= 11 is 1.97. The van der Waals surface area contributed by atoms with Crippen LogP contribution in [-0.2, 0) is 0 Å². The highest BCUT2D eigenvalue weighted by Gasteiger charge is 2.19. The quantitative estimate of drug-likeness (QED) is 0.670. The lowest BCUT2D eigenvalue weighted by Gasteiger charge is -2.26. The lowest BCUT2D eigenvalue weighted by atomic mass is 10.0. The second-order valence-electron chi connectivity index (χ2n) is 5.43. The molecule has 0 saturated heterocycles. The van der Waals surface area contributed by atoms with Crippen molar-refractivity contribution in [3.8, 4) is 0 Å². The average molecular weight is 291 g/mol. The van der Waals surface area contributed by atoms with Crippen LogP contribution in [0.25, 0.3) is 10.8 Å². The molecule has 1 unspecified atom stereocenters. The minimum Gasteiger partial charge on any atom is -0.378 e. The summed E-state index contributed by atoms with van der Waals surface area (Å²) in [6.45, 7) is 0. The predicted molar refractivity (Wildman–Crippen MR) is 92.1 cm³/mol. The smallest absolute Gasteiger partial charge is 0.0532 e. The van der Waals surface area contributed by atoms with E-state index < -0.39 is 0 Å². The minimum absolute atomic E-state index is 0.420. The largest absolute Gasteiger partial charge is 0.378 e. The summed E-state index contributed by atoms with van der Waals surface area (Å²) in [6.07, 6.45) is 1.18. The molecule has 21 heavy (non-hydrogen) atoms. The first kappa shape index (κ1) is 12.8. The van der Waals surface area contributed by atoms with Crippen molar-refractivity contribution in [3.05, 3.63) is 72.3 Å². The number of hydrogen-bond donors (Lipinski definition) is 1. The van der Waals surface area contributed by atoms with Gasteiger partial charge in [0.25, 0.3) is 0 Å². The molecule has 0 fully saturated rings. The minimum atomic E-state index is 0.420. The summed E-state index contributed by atoms with van der Waals surface area (Å²) in [6, 6.07) is 24.3. The molecule has 2 heteroatoms. The normalized spacial score (nSPS) is 17.4. The highest BCUT2D eigenvalue weighted by Crippen LogP contribution is 2.37. The Balaban J connectivity index is 1.66. The molecule has 0 radical (unpaired) electrons. The standard InChI is InChI=1S/C19H17NS/c1-2-6-15-13-16(10-9-14(15)5-1)20-18-11-12-21-19-8-4-3-7-17(18)19/h1-10,13,18,20H,11-12H2. The van der Waals surface area contributed by atoms with Crippen molar-refractivity contribution in [2.24, 2.45) is 0 Å². The third-order valence-electron chi connectivity index (χ3n) is 4.05. The number of benzene rings is 3. The Hall–Kier alpha value is -1.93. The summed E-state index contributed by atoms with van der Waals surface area (Å²) in [5.41, 5.74) is 2.64. The molecule has 0 saturated carbocycles. The fourth-order valence-electron chi connectivity index (χ4n) is 2.97. The molecule has 1 aliphatic rings. The molecular formula is C19H17NS. The van der Waals surface area contributed by atoms with Crippen LogP contribution in [0.4, 0.5) is 5.69 Å². The first-order valence-corrected chi connectivity index (χ1v) is 8.36. The lowest BCUT2D eigenvalue weighted by molar-refractivity contribution is 0.729. The molecule has 0 amide bonds. The maximum Gasteiger partial charge on any atom is 0.0532 e. The Bertz CT molecular complexity index is 781. The topological polar surface area (TPSA) is 12.0 Å². The maximum atomic E-state index is 3.72. The number of thioether (sulfide) groups is 1. The van der Waals surface area contributed by atoms with Crippen LogP contribution in [0.2, 0.25) is 0 Å². The van der Waals surface area contributed by atoms with Crippen molar-refractivity contribution in [1.82, 2.24) is 0 Å². The summed E-state index contributed by atoms with van der Waals surface area (Å²) in [7, 11) is 0. The molecule has 4 rings (SSSR count). The Morgan fingerprint density at radius 1 is 0.857 bits per heavy atom. The van der Waals surface area contributed by atoms with Gasteiger partial charge in [-0.05, 0) is 41.0 Å². The Labute approximate surface area is 129 Å². The average Bonchev–Trinajstić information content (AvgIpc) is 2.55. The van der Waals surface area contributed by atoms with E-state index >= 15 is 0 Å². The van der Waals surface area contributed by atoms with Gasteiger partial charge in [0, 0.05) is 16.3 Å². The van der Waals surface area contributed by atoms with Crippen LogP contribution in [0, 0.1) is 0 Å². The zero-order valence-corrected chi connectivity index (χ0v) is 12.6. The van der Waals surface area contributed by atoms with Crippen LogP contribution >= 0.6 is 11.8 Å². The van der Waals surface area contributed by atoms with Crippen molar-refractivity contribution in [2.75, 3.05) is 11.1 Å². The Morgan fingerprint density at radius 3 is 2.62 bits per heavy atom. The first-order valence-electron chi connectivity index (χ1n) is 7.37. The third kappa shape index (κ3) is 2.52. The van der Waals surface area contributed by atoms with Gasteiger partial charge in [0.15, 0.2) is 0 Å². The van der Waals surface area contributed by atoms with E-state index in [4.69, 9.17) is 0 Å². The van der Waals surface area contributed by atoms with E-state index in [2.05, 4.69) is 72.0 Å². The zero-order chi connectivity index (χ0) is 14.1. The number of hydrogen-bond acceptors (Lipinski definition) is 2. The third-order valence-corrected chi connectivity index (χ3v) is 5.17. The van der Waals surface area contributed by atoms with Gasteiger partial charge < -0.3 is 5.32 Å². The maximum absolute atomic E-state index is 3.72. The molecule has 1 heterocycles. The Kier molecular flexibility index (Phi) is 3.32. The van der Waals surface area contributed by atoms with Crippen molar-refractivity contribution < 1.29 is 0 Å². The van der Waals surface area contributed by atoms with Crippen LogP contribution < -0.4 is 5.32 Å². The predicted octanol–water partition coefficient (Wildman–Crippen LogP) is 5.49. The van der Waals surface area contributed by atoms with Gasteiger partial charge in [-0.1, -0.05) is 48.5 Å². The van der Waals surface area contributed by atoms with Crippen molar-refractivity contribution >= 4 is 28.2 Å². The number of anilines is 1. The van der Waals surface area contributed by atoms with E-state index in [1.54, 1.807) is 0 Å². The van der Waals surface area contributed by atoms with E-state index in [1.165, 1.54) is 39.1 Å². The lowest BCUT2D eigenvalue weighted by Crippen LogP contribution is -2.15. The number of nitrogens with one attached hydrogen (secondary N) is 1. The molecule has 0 bridgehead atoms. The SMILES string of the molecule is c1ccc2c(c1)SCCC2Nc1ccc2ccccc2c1. The Morgan fingerprint density at radius 2 is 1.67 bits per heavy atom.